The summed E-state index contributed by atoms with van der Waals surface area (Å²) in [7, 11) is 0. The van der Waals surface area contributed by atoms with Crippen LogP contribution >= 0.6 is 27.5 Å². The van der Waals surface area contributed by atoms with Crippen molar-refractivity contribution < 1.29 is 4.42 Å². The Labute approximate surface area is 155 Å². The molecule has 0 radical (unpaired) electrons. The normalized spacial score (nSPS) is 12.4. The van der Waals surface area contributed by atoms with Crippen molar-refractivity contribution in [2.24, 2.45) is 0 Å². The van der Waals surface area contributed by atoms with E-state index in [1.807, 2.05) is 13.0 Å². The van der Waals surface area contributed by atoms with E-state index in [0.29, 0.717) is 33.9 Å². The highest BCUT2D eigenvalue weighted by atomic mass is 79.9. The number of nitrogens with one attached hydrogen (secondary N) is 1. The first kappa shape index (κ1) is 16.0. The molecule has 8 nitrogen and oxygen atoms in total. The maximum atomic E-state index is 6.18. The van der Waals surface area contributed by atoms with Crippen molar-refractivity contribution in [1.29, 1.82) is 0 Å². The minimum Gasteiger partial charge on any atom is -0.422 e. The molecule has 0 aliphatic rings. The van der Waals surface area contributed by atoms with Crippen molar-refractivity contribution in [3.8, 4) is 5.95 Å². The van der Waals surface area contributed by atoms with E-state index in [1.165, 1.54) is 6.33 Å². The maximum Gasteiger partial charge on any atom is 0.296 e. The summed E-state index contributed by atoms with van der Waals surface area (Å²) in [6, 6.07) is 5.42. The summed E-state index contributed by atoms with van der Waals surface area (Å²) >= 11 is 9.57. The van der Waals surface area contributed by atoms with Crippen molar-refractivity contribution in [2.45, 2.75) is 13.0 Å². The number of hydrogen-bond acceptors (Lipinski definition) is 7. The van der Waals surface area contributed by atoms with E-state index in [2.05, 4.69) is 46.3 Å². The van der Waals surface area contributed by atoms with Gasteiger partial charge in [-0.05, 0) is 25.1 Å². The van der Waals surface area contributed by atoms with E-state index < -0.39 is 0 Å². The van der Waals surface area contributed by atoms with Crippen LogP contribution in [0.15, 0.2) is 45.8 Å². The number of hydrogen-bond donors (Lipinski definition) is 1. The third-order valence-electron chi connectivity index (χ3n) is 3.45. The largest absolute Gasteiger partial charge is 0.422 e. The van der Waals surface area contributed by atoms with Gasteiger partial charge in [-0.3, -0.25) is 0 Å². The fourth-order valence-corrected chi connectivity index (χ4v) is 3.20. The zero-order valence-corrected chi connectivity index (χ0v) is 15.2. The summed E-state index contributed by atoms with van der Waals surface area (Å²) in [6.45, 7) is 1.91. The van der Waals surface area contributed by atoms with Crippen molar-refractivity contribution in [1.82, 2.24) is 29.7 Å². The molecule has 10 heteroatoms. The molecular weight excluding hydrogens is 410 g/mol. The molecule has 3 heterocycles. The number of anilines is 1. The Hall–Kier alpha value is -2.52. The molecule has 0 aliphatic heterocycles. The van der Waals surface area contributed by atoms with E-state index in [1.54, 1.807) is 29.2 Å². The number of benzene rings is 1. The zero-order chi connectivity index (χ0) is 17.4. The number of fused-ring (bicyclic) bond motifs is 1. The van der Waals surface area contributed by atoms with E-state index in [9.17, 15) is 0 Å². The van der Waals surface area contributed by atoms with Gasteiger partial charge < -0.3 is 9.73 Å². The van der Waals surface area contributed by atoms with Gasteiger partial charge in [0.2, 0.25) is 0 Å². The van der Waals surface area contributed by atoms with Crippen LogP contribution in [0.1, 0.15) is 18.8 Å². The van der Waals surface area contributed by atoms with E-state index in [0.717, 1.165) is 4.47 Å². The quantitative estimate of drug-likeness (QED) is 0.537. The highest BCUT2D eigenvalue weighted by molar-refractivity contribution is 9.10. The minimum atomic E-state index is -0.249. The van der Waals surface area contributed by atoms with Crippen molar-refractivity contribution in [3.63, 3.8) is 0 Å². The fraction of sp³-hybridized carbons (Fsp3) is 0.133. The monoisotopic (exact) mass is 419 g/mol. The second-order valence-corrected chi connectivity index (χ2v) is 6.52. The molecule has 4 aromatic rings. The molecule has 1 atom stereocenters. The van der Waals surface area contributed by atoms with Gasteiger partial charge in [0.15, 0.2) is 11.4 Å². The Balaban J connectivity index is 1.64. The van der Waals surface area contributed by atoms with Crippen molar-refractivity contribution >= 4 is 44.6 Å². The van der Waals surface area contributed by atoms with Gasteiger partial charge in [0, 0.05) is 16.9 Å². The smallest absolute Gasteiger partial charge is 0.296 e. The van der Waals surface area contributed by atoms with Crippen LogP contribution in [-0.2, 0) is 0 Å². The summed E-state index contributed by atoms with van der Waals surface area (Å²) < 4.78 is 8.10. The topological polar surface area (TPSA) is 94.6 Å². The third-order valence-corrected chi connectivity index (χ3v) is 4.19. The van der Waals surface area contributed by atoms with Gasteiger partial charge in [-0.15, -0.1) is 0 Å². The molecule has 0 unspecified atom stereocenters. The van der Waals surface area contributed by atoms with Gasteiger partial charge >= 0.3 is 0 Å². The molecule has 3 aromatic heterocycles. The maximum absolute atomic E-state index is 6.18. The molecule has 0 saturated heterocycles. The summed E-state index contributed by atoms with van der Waals surface area (Å²) in [5.41, 5.74) is 1.18. The second-order valence-electron chi connectivity index (χ2n) is 5.20. The van der Waals surface area contributed by atoms with Gasteiger partial charge in [0.05, 0.1) is 11.1 Å². The van der Waals surface area contributed by atoms with Gasteiger partial charge in [0.25, 0.3) is 12.0 Å². The molecule has 0 aliphatic carbocycles. The van der Waals surface area contributed by atoms with Crippen LogP contribution in [-0.4, -0.2) is 29.7 Å². The van der Waals surface area contributed by atoms with Gasteiger partial charge in [-0.25, -0.2) is 15.0 Å². The summed E-state index contributed by atoms with van der Waals surface area (Å²) in [5, 5.41) is 7.82. The first-order valence-electron chi connectivity index (χ1n) is 7.31. The molecule has 25 heavy (non-hydrogen) atoms. The van der Waals surface area contributed by atoms with Gasteiger partial charge in [0.1, 0.15) is 11.8 Å². The predicted octanol–water partition coefficient (Wildman–Crippen LogP) is 3.79. The molecule has 0 fully saturated rings. The Morgan fingerprint density at radius 2 is 2.04 bits per heavy atom. The average molecular weight is 421 g/mol. The Kier molecular flexibility index (Phi) is 4.10. The highest BCUT2D eigenvalue weighted by Gasteiger charge is 2.18. The lowest BCUT2D eigenvalue weighted by atomic mass is 10.3. The van der Waals surface area contributed by atoms with Crippen molar-refractivity contribution in [2.75, 3.05) is 5.32 Å². The highest BCUT2D eigenvalue weighted by Crippen LogP contribution is 2.31. The SMILES string of the molecule is C[C@H](Nc1nc2cc(Br)cc(Cl)c2o1)c1ncnn1-c1ncccn1. The Morgan fingerprint density at radius 1 is 1.24 bits per heavy atom. The Bertz CT molecular complexity index is 1030. The van der Waals surface area contributed by atoms with E-state index >= 15 is 0 Å². The number of halogens is 2. The molecule has 4 rings (SSSR count). The van der Waals surface area contributed by atoms with Crippen LogP contribution in [0.2, 0.25) is 5.02 Å². The van der Waals surface area contributed by atoms with Crippen molar-refractivity contribution in [3.05, 3.63) is 52.2 Å². The summed E-state index contributed by atoms with van der Waals surface area (Å²) in [6.07, 6.45) is 4.74. The lowest BCUT2D eigenvalue weighted by Gasteiger charge is -2.11. The number of aromatic nitrogens is 6. The minimum absolute atomic E-state index is 0.249. The molecular formula is C15H11BrClN7O. The molecule has 0 amide bonds. The van der Waals surface area contributed by atoms with Crippen LogP contribution in [0.25, 0.3) is 17.0 Å². The standard InChI is InChI=1S/C15H11BrClN7O/c1-8(13-20-7-21-24(13)14-18-3-2-4-19-14)22-15-23-11-6-9(16)5-10(17)12(11)25-15/h2-8H,1H3,(H,22,23)/t8-/m0/s1. The van der Waals surface area contributed by atoms with Gasteiger partial charge in [-0.1, -0.05) is 27.5 Å². The number of rotatable bonds is 4. The van der Waals surface area contributed by atoms with Crippen LogP contribution in [0, 0.1) is 0 Å². The van der Waals surface area contributed by atoms with Crippen LogP contribution in [0.4, 0.5) is 6.01 Å². The molecule has 1 N–H and O–H groups in total. The molecule has 0 bridgehead atoms. The molecule has 0 spiro atoms. The fourth-order valence-electron chi connectivity index (χ4n) is 2.37. The lowest BCUT2D eigenvalue weighted by molar-refractivity contribution is 0.593. The molecule has 0 saturated carbocycles. The third kappa shape index (κ3) is 3.08. The van der Waals surface area contributed by atoms with Crippen LogP contribution < -0.4 is 5.32 Å². The lowest BCUT2D eigenvalue weighted by Crippen LogP contribution is -2.15. The van der Waals surface area contributed by atoms with Crippen LogP contribution in [0.5, 0.6) is 0 Å². The average Bonchev–Trinajstić information content (AvgIpc) is 3.22. The number of oxazole rings is 1. The predicted molar refractivity (Wildman–Crippen MR) is 95.7 cm³/mol. The van der Waals surface area contributed by atoms with E-state index in [4.69, 9.17) is 16.0 Å². The zero-order valence-electron chi connectivity index (χ0n) is 12.9. The van der Waals surface area contributed by atoms with Gasteiger partial charge in [-0.2, -0.15) is 14.8 Å². The number of nitrogens with zero attached hydrogens (tertiary/aromatic N) is 6. The summed E-state index contributed by atoms with van der Waals surface area (Å²) in [4.78, 5) is 17.1. The van der Waals surface area contributed by atoms with Crippen LogP contribution in [0.3, 0.4) is 0 Å². The summed E-state index contributed by atoms with van der Waals surface area (Å²) in [5.74, 6) is 1.06. The Morgan fingerprint density at radius 3 is 2.84 bits per heavy atom. The first-order chi connectivity index (χ1) is 12.1. The van der Waals surface area contributed by atoms with E-state index in [-0.39, 0.29) is 6.04 Å². The molecule has 126 valence electrons. The molecule has 1 aromatic carbocycles. The second kappa shape index (κ2) is 6.41. The first-order valence-corrected chi connectivity index (χ1v) is 8.48.